The molecular weight excluding hydrogens is 290 g/mol. The fraction of sp³-hybridized carbons (Fsp3) is 0.722. The number of fused-ring (bicyclic) bond motifs is 2. The van der Waals surface area contributed by atoms with Gasteiger partial charge in [0.25, 0.3) is 0 Å². The van der Waals surface area contributed by atoms with Gasteiger partial charge in [-0.15, -0.1) is 5.11 Å². The molecule has 1 spiro atoms. The van der Waals surface area contributed by atoms with Crippen molar-refractivity contribution in [3.8, 4) is 0 Å². The van der Waals surface area contributed by atoms with Crippen molar-refractivity contribution in [2.45, 2.75) is 59.0 Å². The van der Waals surface area contributed by atoms with Crippen molar-refractivity contribution in [1.29, 1.82) is 0 Å². The average molecular weight is 315 g/mol. The number of ether oxygens (including phenoxy) is 1. The number of carbonyl (C=O) groups excluding carboxylic acids is 1. The summed E-state index contributed by atoms with van der Waals surface area (Å²) in [7, 11) is 0. The van der Waals surface area contributed by atoms with Gasteiger partial charge in [-0.1, -0.05) is 20.8 Å². The quantitative estimate of drug-likeness (QED) is 0.805. The minimum Gasteiger partial charge on any atom is -0.378 e. The molecule has 3 aliphatic heterocycles. The fourth-order valence-electron chi connectivity index (χ4n) is 4.78. The van der Waals surface area contributed by atoms with Crippen LogP contribution < -0.4 is 5.32 Å². The van der Waals surface area contributed by atoms with E-state index in [0.29, 0.717) is 25.4 Å². The molecular formula is C18H25N3O2. The zero-order chi connectivity index (χ0) is 16.2. The van der Waals surface area contributed by atoms with Crippen LogP contribution in [-0.2, 0) is 9.53 Å². The second-order valence-corrected chi connectivity index (χ2v) is 8.08. The third kappa shape index (κ3) is 2.20. The van der Waals surface area contributed by atoms with Crippen LogP contribution in [0.15, 0.2) is 32.9 Å². The lowest BCUT2D eigenvalue weighted by Gasteiger charge is -2.48. The summed E-state index contributed by atoms with van der Waals surface area (Å²) in [6.07, 6.45) is 4.49. The molecule has 0 unspecified atom stereocenters. The van der Waals surface area contributed by atoms with Gasteiger partial charge in [0.05, 0.1) is 12.6 Å². The van der Waals surface area contributed by atoms with Crippen LogP contribution in [0.2, 0.25) is 0 Å². The highest BCUT2D eigenvalue weighted by Gasteiger charge is 2.53. The molecule has 124 valence electrons. The maximum atomic E-state index is 13.1. The summed E-state index contributed by atoms with van der Waals surface area (Å²) in [5.41, 5.74) is 3.12. The van der Waals surface area contributed by atoms with Crippen molar-refractivity contribution in [2.24, 2.45) is 21.1 Å². The van der Waals surface area contributed by atoms with Crippen LogP contribution in [0.4, 0.5) is 0 Å². The van der Waals surface area contributed by atoms with Gasteiger partial charge in [-0.05, 0) is 31.1 Å². The summed E-state index contributed by atoms with van der Waals surface area (Å²) < 4.78 is 5.92. The Kier molecular flexibility index (Phi) is 3.28. The number of hydrogen-bond donors (Lipinski definition) is 1. The molecule has 1 saturated heterocycles. The van der Waals surface area contributed by atoms with Crippen LogP contribution in [0.25, 0.3) is 0 Å². The van der Waals surface area contributed by atoms with E-state index in [-0.39, 0.29) is 16.9 Å². The molecule has 0 radical (unpaired) electrons. The van der Waals surface area contributed by atoms with E-state index in [1.54, 1.807) is 0 Å². The van der Waals surface area contributed by atoms with Gasteiger partial charge < -0.3 is 10.1 Å². The highest BCUT2D eigenvalue weighted by atomic mass is 16.5. The molecule has 1 aliphatic carbocycles. The summed E-state index contributed by atoms with van der Waals surface area (Å²) in [4.78, 5) is 13.1. The molecule has 5 nitrogen and oxygen atoms in total. The Morgan fingerprint density at radius 1 is 1.35 bits per heavy atom. The number of nitrogens with zero attached hydrogens (tertiary/aromatic N) is 2. The standard InChI is InChI=1S/C18H25N3O2/c1-4-11-7-18(5-6-23-11)12-10-19-21-16(12)20-13-8-17(2,3)9-14(22)15(13)18/h11,20H,4-10H2,1-3H3/t11-,18+/m1/s1. The van der Waals surface area contributed by atoms with E-state index in [0.717, 1.165) is 42.8 Å². The number of ketones is 1. The lowest BCUT2D eigenvalue weighted by molar-refractivity contribution is -0.120. The van der Waals surface area contributed by atoms with Gasteiger partial charge in [0.2, 0.25) is 0 Å². The maximum absolute atomic E-state index is 13.1. The molecule has 0 amide bonds. The first-order valence-corrected chi connectivity index (χ1v) is 8.72. The predicted molar refractivity (Wildman–Crippen MR) is 86.6 cm³/mol. The zero-order valence-electron chi connectivity index (χ0n) is 14.2. The molecule has 1 fully saturated rings. The number of Topliss-reactive ketones (excluding diaryl/α,β-unsaturated/α-hetero) is 1. The smallest absolute Gasteiger partial charge is 0.162 e. The van der Waals surface area contributed by atoms with Gasteiger partial charge in [-0.25, -0.2) is 0 Å². The Morgan fingerprint density at radius 2 is 2.17 bits per heavy atom. The molecule has 5 heteroatoms. The minimum absolute atomic E-state index is 0.00718. The van der Waals surface area contributed by atoms with E-state index in [4.69, 9.17) is 4.74 Å². The molecule has 23 heavy (non-hydrogen) atoms. The molecule has 4 aliphatic rings. The molecule has 2 atom stereocenters. The zero-order valence-corrected chi connectivity index (χ0v) is 14.2. The Bertz CT molecular complexity index is 659. The first-order chi connectivity index (χ1) is 11.0. The molecule has 0 aromatic heterocycles. The Hall–Kier alpha value is -1.49. The third-order valence-electron chi connectivity index (χ3n) is 5.80. The molecule has 0 aromatic carbocycles. The van der Waals surface area contributed by atoms with E-state index in [2.05, 4.69) is 36.3 Å². The van der Waals surface area contributed by atoms with Gasteiger partial charge in [0.15, 0.2) is 11.6 Å². The normalized spacial score (nSPS) is 35.4. The second-order valence-electron chi connectivity index (χ2n) is 8.08. The summed E-state index contributed by atoms with van der Waals surface area (Å²) in [6.45, 7) is 7.82. The van der Waals surface area contributed by atoms with Gasteiger partial charge in [0.1, 0.15) is 0 Å². The summed E-state index contributed by atoms with van der Waals surface area (Å²) in [5.74, 6) is 1.20. The fourth-order valence-corrected chi connectivity index (χ4v) is 4.78. The summed E-state index contributed by atoms with van der Waals surface area (Å²) in [6, 6.07) is 0. The van der Waals surface area contributed by atoms with Crippen molar-refractivity contribution >= 4 is 5.78 Å². The average Bonchev–Trinajstić information content (AvgIpc) is 2.94. The Morgan fingerprint density at radius 3 is 2.96 bits per heavy atom. The minimum atomic E-state index is -0.202. The highest BCUT2D eigenvalue weighted by Crippen LogP contribution is 2.55. The van der Waals surface area contributed by atoms with Crippen molar-refractivity contribution < 1.29 is 9.53 Å². The lowest BCUT2D eigenvalue weighted by Crippen LogP contribution is -2.48. The van der Waals surface area contributed by atoms with Crippen LogP contribution in [-0.4, -0.2) is 25.0 Å². The Balaban J connectivity index is 1.84. The van der Waals surface area contributed by atoms with Gasteiger partial charge in [-0.2, -0.15) is 5.11 Å². The van der Waals surface area contributed by atoms with E-state index in [1.807, 2.05) is 0 Å². The molecule has 1 N–H and O–H groups in total. The molecule has 0 saturated carbocycles. The second kappa shape index (κ2) is 5.00. The topological polar surface area (TPSA) is 63.1 Å². The predicted octanol–water partition coefficient (Wildman–Crippen LogP) is 3.49. The molecule has 4 rings (SSSR count). The number of nitrogens with one attached hydrogen (secondary N) is 1. The van der Waals surface area contributed by atoms with E-state index in [1.165, 1.54) is 5.57 Å². The van der Waals surface area contributed by atoms with Crippen LogP contribution in [0.3, 0.4) is 0 Å². The SMILES string of the molecule is CC[C@@H]1C[C@@]2(CCO1)C1=C(N=NC1)NC1=C2C(=O)CC(C)(C)C1. The number of hydrogen-bond acceptors (Lipinski definition) is 5. The summed E-state index contributed by atoms with van der Waals surface area (Å²) in [5, 5.41) is 12.0. The molecule has 0 bridgehead atoms. The van der Waals surface area contributed by atoms with Crippen LogP contribution in [0.1, 0.15) is 52.9 Å². The Labute approximate surface area is 137 Å². The lowest BCUT2D eigenvalue weighted by atomic mass is 9.59. The van der Waals surface area contributed by atoms with Crippen molar-refractivity contribution in [3.63, 3.8) is 0 Å². The van der Waals surface area contributed by atoms with Crippen LogP contribution >= 0.6 is 0 Å². The maximum Gasteiger partial charge on any atom is 0.162 e. The van der Waals surface area contributed by atoms with E-state index < -0.39 is 0 Å². The van der Waals surface area contributed by atoms with Crippen molar-refractivity contribution in [2.75, 3.05) is 13.2 Å². The number of rotatable bonds is 1. The van der Waals surface area contributed by atoms with Crippen molar-refractivity contribution in [1.82, 2.24) is 5.32 Å². The first kappa shape index (κ1) is 15.1. The number of dihydropyridines is 1. The largest absolute Gasteiger partial charge is 0.378 e. The van der Waals surface area contributed by atoms with Crippen LogP contribution in [0, 0.1) is 10.8 Å². The molecule has 3 heterocycles. The monoisotopic (exact) mass is 315 g/mol. The number of carbonyl (C=O) groups is 1. The number of azo groups is 1. The van der Waals surface area contributed by atoms with Gasteiger partial charge in [0, 0.05) is 35.3 Å². The molecule has 0 aromatic rings. The van der Waals surface area contributed by atoms with Gasteiger partial charge >= 0.3 is 0 Å². The third-order valence-corrected chi connectivity index (χ3v) is 5.80. The first-order valence-electron chi connectivity index (χ1n) is 8.72. The van der Waals surface area contributed by atoms with Crippen molar-refractivity contribution in [3.05, 3.63) is 22.7 Å². The van der Waals surface area contributed by atoms with E-state index >= 15 is 0 Å². The highest BCUT2D eigenvalue weighted by molar-refractivity contribution is 6.00. The number of allylic oxidation sites excluding steroid dienone is 2. The summed E-state index contributed by atoms with van der Waals surface area (Å²) >= 11 is 0. The van der Waals surface area contributed by atoms with Gasteiger partial charge in [-0.3, -0.25) is 4.79 Å². The van der Waals surface area contributed by atoms with E-state index in [9.17, 15) is 4.79 Å². The van der Waals surface area contributed by atoms with Crippen LogP contribution in [0.5, 0.6) is 0 Å².